The van der Waals surface area contributed by atoms with Crippen LogP contribution in [0.1, 0.15) is 174 Å². The topological polar surface area (TPSA) is 46.5 Å². The van der Waals surface area contributed by atoms with E-state index in [1.807, 2.05) is 0 Å². The Bertz CT molecular complexity index is 511. The number of carbonyl (C=O) groups is 1. The van der Waals surface area contributed by atoms with Crippen LogP contribution in [0.4, 0.5) is 0 Å². The molecule has 0 heterocycles. The molecule has 0 rings (SSSR count). The zero-order chi connectivity index (χ0) is 27.1. The average Bonchev–Trinajstić information content (AvgIpc) is 2.90. The molecular formula is C34H64O3. The van der Waals surface area contributed by atoms with Gasteiger partial charge in [0, 0.05) is 6.42 Å². The van der Waals surface area contributed by atoms with E-state index in [0.717, 1.165) is 51.4 Å². The molecule has 3 heteroatoms. The van der Waals surface area contributed by atoms with Gasteiger partial charge >= 0.3 is 5.97 Å². The maximum Gasteiger partial charge on any atom is 0.305 e. The normalized spacial score (nSPS) is 12.6. The molecule has 0 saturated heterocycles. The zero-order valence-corrected chi connectivity index (χ0v) is 25.0. The third kappa shape index (κ3) is 31.0. The smallest absolute Gasteiger partial charge is 0.305 e. The summed E-state index contributed by atoms with van der Waals surface area (Å²) in [5, 5.41) is 9.97. The first-order valence-electron chi connectivity index (χ1n) is 16.3. The van der Waals surface area contributed by atoms with E-state index < -0.39 is 0 Å². The predicted octanol–water partition coefficient (Wildman–Crippen LogP) is 10.8. The van der Waals surface area contributed by atoms with Gasteiger partial charge in [0.25, 0.3) is 0 Å². The number of hydrogen-bond acceptors (Lipinski definition) is 3. The number of hydrogen-bond donors (Lipinski definition) is 1. The molecule has 0 fully saturated rings. The van der Waals surface area contributed by atoms with Crippen LogP contribution in [0.25, 0.3) is 0 Å². The van der Waals surface area contributed by atoms with Gasteiger partial charge in [-0.15, -0.1) is 0 Å². The highest BCUT2D eigenvalue weighted by molar-refractivity contribution is 5.69. The van der Waals surface area contributed by atoms with Crippen LogP contribution in [0.2, 0.25) is 0 Å². The van der Waals surface area contributed by atoms with Gasteiger partial charge in [-0.2, -0.15) is 0 Å². The van der Waals surface area contributed by atoms with Crippen LogP contribution in [0.5, 0.6) is 0 Å². The minimum atomic E-state index is -0.158. The summed E-state index contributed by atoms with van der Waals surface area (Å²) in [6, 6.07) is 0. The predicted molar refractivity (Wildman–Crippen MR) is 162 cm³/mol. The molecule has 0 amide bonds. The van der Waals surface area contributed by atoms with Crippen molar-refractivity contribution in [2.45, 2.75) is 180 Å². The van der Waals surface area contributed by atoms with E-state index in [9.17, 15) is 9.90 Å². The Labute approximate surface area is 231 Å². The highest BCUT2D eigenvalue weighted by atomic mass is 16.5. The van der Waals surface area contributed by atoms with Crippen molar-refractivity contribution in [1.82, 2.24) is 0 Å². The third-order valence-corrected chi connectivity index (χ3v) is 7.14. The van der Waals surface area contributed by atoms with E-state index in [1.165, 1.54) is 103 Å². The summed E-state index contributed by atoms with van der Waals surface area (Å²) >= 11 is 0. The summed E-state index contributed by atoms with van der Waals surface area (Å²) in [5.41, 5.74) is 0. The van der Waals surface area contributed by atoms with Crippen LogP contribution in [0, 0.1) is 0 Å². The maximum atomic E-state index is 11.9. The van der Waals surface area contributed by atoms with Crippen LogP contribution in [-0.2, 0) is 9.53 Å². The number of rotatable bonds is 29. The van der Waals surface area contributed by atoms with Gasteiger partial charge in [0.05, 0.1) is 12.7 Å². The van der Waals surface area contributed by atoms with Crippen LogP contribution >= 0.6 is 0 Å². The van der Waals surface area contributed by atoms with Crippen molar-refractivity contribution in [2.24, 2.45) is 0 Å². The number of carbonyl (C=O) groups excluding carboxylic acids is 1. The quantitative estimate of drug-likeness (QED) is 0.0606. The molecule has 0 spiro atoms. The second-order valence-electron chi connectivity index (χ2n) is 11.0. The molecule has 0 aliphatic rings. The third-order valence-electron chi connectivity index (χ3n) is 7.14. The van der Waals surface area contributed by atoms with Crippen molar-refractivity contribution in [1.29, 1.82) is 0 Å². The highest BCUT2D eigenvalue weighted by Crippen LogP contribution is 2.12. The zero-order valence-electron chi connectivity index (χ0n) is 25.0. The Hall–Kier alpha value is -1.09. The lowest BCUT2D eigenvalue weighted by atomic mass is 10.1. The lowest BCUT2D eigenvalue weighted by Gasteiger charge is -2.07. The maximum absolute atomic E-state index is 11.9. The molecule has 0 saturated carbocycles. The van der Waals surface area contributed by atoms with Gasteiger partial charge in [0.2, 0.25) is 0 Å². The molecule has 0 radical (unpaired) electrons. The van der Waals surface area contributed by atoms with Crippen LogP contribution in [0.3, 0.4) is 0 Å². The van der Waals surface area contributed by atoms with Gasteiger partial charge < -0.3 is 9.84 Å². The summed E-state index contributed by atoms with van der Waals surface area (Å²) in [6.07, 6.45) is 38.2. The van der Waals surface area contributed by atoms with Gasteiger partial charge in [-0.3, -0.25) is 4.79 Å². The fraction of sp³-hybridized carbons (Fsp3) is 0.853. The van der Waals surface area contributed by atoms with Crippen LogP contribution in [0.15, 0.2) is 24.3 Å². The molecule has 0 aromatic heterocycles. The van der Waals surface area contributed by atoms with Crippen molar-refractivity contribution in [3.05, 3.63) is 24.3 Å². The fourth-order valence-corrected chi connectivity index (χ4v) is 4.61. The van der Waals surface area contributed by atoms with Gasteiger partial charge in [0.15, 0.2) is 0 Å². The number of esters is 1. The van der Waals surface area contributed by atoms with Crippen LogP contribution < -0.4 is 0 Å². The minimum Gasteiger partial charge on any atom is -0.466 e. The molecular weight excluding hydrogens is 456 g/mol. The standard InChI is InChI=1S/C34H64O3/c1-3-5-7-9-10-11-12-13-14-17-20-23-27-31-34(36)37-32-28-24-21-18-15-16-19-22-26-30-33(35)29-25-8-6-4-2/h11-12,22,26,33,35H,3-10,13-21,23-25,27-32H2,1-2H3/b12-11-,26-22-/t33-/m1/s1. The Morgan fingerprint density at radius 3 is 1.65 bits per heavy atom. The van der Waals surface area contributed by atoms with E-state index in [4.69, 9.17) is 4.74 Å². The van der Waals surface area contributed by atoms with E-state index in [-0.39, 0.29) is 12.1 Å². The number of ether oxygens (including phenoxy) is 1. The monoisotopic (exact) mass is 520 g/mol. The van der Waals surface area contributed by atoms with Gasteiger partial charge in [-0.1, -0.05) is 128 Å². The summed E-state index contributed by atoms with van der Waals surface area (Å²) < 4.78 is 5.40. The SMILES string of the molecule is CCCCCC/C=C\CCCCCCCC(=O)OCCCCCCCC/C=C\C[C@H](O)CCCCCC. The first kappa shape index (κ1) is 35.9. The Morgan fingerprint density at radius 1 is 0.595 bits per heavy atom. The number of unbranched alkanes of at least 4 members (excludes halogenated alkanes) is 18. The summed E-state index contributed by atoms with van der Waals surface area (Å²) in [5.74, 6) is -0.0103. The first-order valence-corrected chi connectivity index (χ1v) is 16.3. The van der Waals surface area contributed by atoms with Crippen molar-refractivity contribution in [2.75, 3.05) is 6.61 Å². The van der Waals surface area contributed by atoms with E-state index in [2.05, 4.69) is 38.2 Å². The van der Waals surface area contributed by atoms with Crippen molar-refractivity contribution in [3.8, 4) is 0 Å². The molecule has 0 bridgehead atoms. The Kier molecular flexibility index (Phi) is 30.2. The molecule has 0 aliphatic carbocycles. The molecule has 37 heavy (non-hydrogen) atoms. The van der Waals surface area contributed by atoms with E-state index in [0.29, 0.717) is 13.0 Å². The van der Waals surface area contributed by atoms with Crippen LogP contribution in [-0.4, -0.2) is 23.8 Å². The number of aliphatic hydroxyl groups is 1. The minimum absolute atomic E-state index is 0.0103. The molecule has 1 N–H and O–H groups in total. The number of aliphatic hydroxyl groups excluding tert-OH is 1. The Morgan fingerprint density at radius 2 is 1.05 bits per heavy atom. The van der Waals surface area contributed by atoms with E-state index in [1.54, 1.807) is 0 Å². The lowest BCUT2D eigenvalue weighted by Crippen LogP contribution is -2.05. The molecule has 0 aromatic rings. The van der Waals surface area contributed by atoms with Gasteiger partial charge in [-0.05, 0) is 64.2 Å². The average molecular weight is 521 g/mol. The van der Waals surface area contributed by atoms with Crippen molar-refractivity contribution >= 4 is 5.97 Å². The largest absolute Gasteiger partial charge is 0.466 e. The molecule has 0 aliphatic heterocycles. The molecule has 218 valence electrons. The first-order chi connectivity index (χ1) is 18.2. The molecule has 0 unspecified atom stereocenters. The Balaban J connectivity index is 3.29. The van der Waals surface area contributed by atoms with Gasteiger partial charge in [-0.25, -0.2) is 0 Å². The summed E-state index contributed by atoms with van der Waals surface area (Å²) in [6.45, 7) is 5.07. The second-order valence-corrected chi connectivity index (χ2v) is 11.0. The fourth-order valence-electron chi connectivity index (χ4n) is 4.61. The lowest BCUT2D eigenvalue weighted by molar-refractivity contribution is -0.143. The number of allylic oxidation sites excluding steroid dienone is 3. The van der Waals surface area contributed by atoms with Crippen molar-refractivity contribution in [3.63, 3.8) is 0 Å². The van der Waals surface area contributed by atoms with Crippen molar-refractivity contribution < 1.29 is 14.6 Å². The molecule has 0 aromatic carbocycles. The summed E-state index contributed by atoms with van der Waals surface area (Å²) in [4.78, 5) is 11.9. The van der Waals surface area contributed by atoms with E-state index >= 15 is 0 Å². The summed E-state index contributed by atoms with van der Waals surface area (Å²) in [7, 11) is 0. The molecule has 1 atom stereocenters. The second kappa shape index (κ2) is 31.1. The highest BCUT2D eigenvalue weighted by Gasteiger charge is 2.03. The molecule has 3 nitrogen and oxygen atoms in total. The van der Waals surface area contributed by atoms with Gasteiger partial charge in [0.1, 0.15) is 0 Å².